The Morgan fingerprint density at radius 2 is 1.75 bits per heavy atom. The number of amides is 2. The normalized spacial score (nSPS) is 17.5. The molecule has 1 saturated heterocycles. The first-order valence-electron chi connectivity index (χ1n) is 12.2. The fourth-order valence-electron chi connectivity index (χ4n) is 4.75. The summed E-state index contributed by atoms with van der Waals surface area (Å²) in [7, 11) is 1.69. The molecule has 4 rings (SSSR count). The maximum Gasteiger partial charge on any atom is 0.241 e. The Morgan fingerprint density at radius 1 is 1.03 bits per heavy atom. The summed E-state index contributed by atoms with van der Waals surface area (Å²) < 4.78 is 5.65. The van der Waals surface area contributed by atoms with Crippen molar-refractivity contribution in [3.05, 3.63) is 88.9 Å². The molecular weight excluding hydrogens is 474 g/mol. The molecule has 1 aliphatic rings. The van der Waals surface area contributed by atoms with Crippen LogP contribution in [0.25, 0.3) is 11.1 Å². The predicted molar refractivity (Wildman–Crippen MR) is 143 cm³/mol. The Labute approximate surface area is 217 Å². The van der Waals surface area contributed by atoms with Gasteiger partial charge in [0.15, 0.2) is 0 Å². The number of hydrogen-bond donors (Lipinski definition) is 2. The number of carbonyl (C=O) groups excluding carboxylic acids is 2. The summed E-state index contributed by atoms with van der Waals surface area (Å²) in [6, 6.07) is 24.5. The second-order valence-electron chi connectivity index (χ2n) is 9.08. The third-order valence-corrected chi connectivity index (χ3v) is 6.95. The van der Waals surface area contributed by atoms with Gasteiger partial charge in [-0.3, -0.25) is 9.59 Å². The second kappa shape index (κ2) is 12.1. The number of likely N-dealkylation sites (tertiary alicyclic amines) is 1. The van der Waals surface area contributed by atoms with Crippen LogP contribution in [0.2, 0.25) is 5.02 Å². The monoisotopic (exact) mass is 505 g/mol. The van der Waals surface area contributed by atoms with Crippen LogP contribution < -0.4 is 15.4 Å². The minimum atomic E-state index is -0.200. The van der Waals surface area contributed by atoms with Crippen LogP contribution in [-0.4, -0.2) is 49.5 Å². The van der Waals surface area contributed by atoms with Crippen LogP contribution >= 0.6 is 11.6 Å². The average Bonchev–Trinajstić information content (AvgIpc) is 2.91. The number of nitrogens with one attached hydrogen (secondary N) is 2. The lowest BCUT2D eigenvalue weighted by Crippen LogP contribution is -2.51. The van der Waals surface area contributed by atoms with Crippen LogP contribution in [-0.2, 0) is 16.1 Å². The van der Waals surface area contributed by atoms with E-state index in [0.29, 0.717) is 24.7 Å². The number of carbonyl (C=O) groups is 2. The van der Waals surface area contributed by atoms with Gasteiger partial charge < -0.3 is 20.3 Å². The molecule has 3 aromatic rings. The zero-order valence-electron chi connectivity index (χ0n) is 20.7. The highest BCUT2D eigenvalue weighted by atomic mass is 35.5. The summed E-state index contributed by atoms with van der Waals surface area (Å²) in [4.78, 5) is 25.8. The number of hydrogen-bond acceptors (Lipinski definition) is 4. The number of ether oxygens (including phenoxy) is 1. The summed E-state index contributed by atoms with van der Waals surface area (Å²) >= 11 is 6.07. The first kappa shape index (κ1) is 25.7. The van der Waals surface area contributed by atoms with Gasteiger partial charge in [0.05, 0.1) is 13.7 Å². The second-order valence-corrected chi connectivity index (χ2v) is 9.51. The molecule has 0 radical (unpaired) electrons. The van der Waals surface area contributed by atoms with Crippen molar-refractivity contribution in [1.82, 2.24) is 15.5 Å². The van der Waals surface area contributed by atoms with Gasteiger partial charge in [0, 0.05) is 49.1 Å². The molecule has 0 unspecified atom stereocenters. The van der Waals surface area contributed by atoms with E-state index in [0.717, 1.165) is 28.9 Å². The molecule has 1 fully saturated rings. The van der Waals surface area contributed by atoms with Crippen molar-refractivity contribution in [2.24, 2.45) is 0 Å². The van der Waals surface area contributed by atoms with Crippen molar-refractivity contribution in [3.8, 4) is 16.9 Å². The molecular formula is C29H32ClN3O3. The van der Waals surface area contributed by atoms with E-state index < -0.39 is 0 Å². The molecule has 2 amide bonds. The average molecular weight is 506 g/mol. The molecule has 7 heteroatoms. The Morgan fingerprint density at radius 3 is 2.44 bits per heavy atom. The number of nitrogens with zero attached hydrogens (tertiary/aromatic N) is 1. The summed E-state index contributed by atoms with van der Waals surface area (Å²) in [6.07, 6.45) is 0.810. The van der Waals surface area contributed by atoms with Gasteiger partial charge in [-0.2, -0.15) is 0 Å². The van der Waals surface area contributed by atoms with Crippen molar-refractivity contribution >= 4 is 23.4 Å². The molecule has 2 N–H and O–H groups in total. The third kappa shape index (κ3) is 6.45. The van der Waals surface area contributed by atoms with Gasteiger partial charge in [-0.25, -0.2) is 0 Å². The molecule has 0 bridgehead atoms. The summed E-state index contributed by atoms with van der Waals surface area (Å²) in [6.45, 7) is 3.33. The van der Waals surface area contributed by atoms with E-state index in [4.69, 9.17) is 16.3 Å². The quantitative estimate of drug-likeness (QED) is 0.468. The molecule has 36 heavy (non-hydrogen) atoms. The third-order valence-electron chi connectivity index (χ3n) is 6.69. The molecule has 188 valence electrons. The van der Waals surface area contributed by atoms with Gasteiger partial charge in [-0.05, 0) is 47.4 Å². The Bertz CT molecular complexity index is 1180. The van der Waals surface area contributed by atoms with Gasteiger partial charge in [-0.1, -0.05) is 60.1 Å². The van der Waals surface area contributed by atoms with Crippen LogP contribution in [0.4, 0.5) is 0 Å². The molecule has 1 heterocycles. The maximum atomic E-state index is 12.7. The van der Waals surface area contributed by atoms with E-state index in [-0.39, 0.29) is 30.3 Å². The molecule has 1 aliphatic heterocycles. The van der Waals surface area contributed by atoms with Crippen molar-refractivity contribution in [1.29, 1.82) is 0 Å². The smallest absolute Gasteiger partial charge is 0.241 e. The zero-order valence-corrected chi connectivity index (χ0v) is 21.4. The van der Waals surface area contributed by atoms with Gasteiger partial charge in [-0.15, -0.1) is 0 Å². The fourth-order valence-corrected chi connectivity index (χ4v) is 4.88. The van der Waals surface area contributed by atoms with E-state index in [1.54, 1.807) is 7.11 Å². The Balaban J connectivity index is 1.51. The number of rotatable bonds is 8. The fraction of sp³-hybridized carbons (Fsp3) is 0.310. The molecule has 2 atom stereocenters. The topological polar surface area (TPSA) is 70.7 Å². The molecule has 0 aliphatic carbocycles. The maximum absolute atomic E-state index is 12.7. The van der Waals surface area contributed by atoms with Crippen molar-refractivity contribution < 1.29 is 14.3 Å². The van der Waals surface area contributed by atoms with E-state index in [2.05, 4.69) is 34.9 Å². The first-order valence-corrected chi connectivity index (χ1v) is 12.6. The minimum absolute atomic E-state index is 0.0314. The molecule has 3 aromatic carbocycles. The van der Waals surface area contributed by atoms with Crippen molar-refractivity contribution in [3.63, 3.8) is 0 Å². The Kier molecular flexibility index (Phi) is 8.62. The van der Waals surface area contributed by atoms with Crippen LogP contribution in [0.1, 0.15) is 30.4 Å². The lowest BCUT2D eigenvalue weighted by atomic mass is 9.85. The van der Waals surface area contributed by atoms with Crippen LogP contribution in [0.15, 0.2) is 72.8 Å². The summed E-state index contributed by atoms with van der Waals surface area (Å²) in [5.74, 6) is 0.710. The lowest BCUT2D eigenvalue weighted by Gasteiger charge is -2.39. The highest BCUT2D eigenvalue weighted by molar-refractivity contribution is 6.30. The highest BCUT2D eigenvalue weighted by Gasteiger charge is 2.32. The van der Waals surface area contributed by atoms with Gasteiger partial charge in [0.1, 0.15) is 5.75 Å². The van der Waals surface area contributed by atoms with E-state index >= 15 is 0 Å². The van der Waals surface area contributed by atoms with E-state index in [1.807, 2.05) is 53.4 Å². The van der Waals surface area contributed by atoms with Gasteiger partial charge >= 0.3 is 0 Å². The van der Waals surface area contributed by atoms with E-state index in [1.165, 1.54) is 12.5 Å². The van der Waals surface area contributed by atoms with Gasteiger partial charge in [0.2, 0.25) is 11.8 Å². The summed E-state index contributed by atoms with van der Waals surface area (Å²) in [5.41, 5.74) is 4.45. The van der Waals surface area contributed by atoms with Crippen LogP contribution in [0, 0.1) is 0 Å². The number of halogens is 1. The molecule has 6 nitrogen and oxygen atoms in total. The molecule has 0 aromatic heterocycles. The Hall–Kier alpha value is -3.35. The number of methoxy groups -OCH3 is 1. The van der Waals surface area contributed by atoms with Crippen LogP contribution in [0.5, 0.6) is 5.75 Å². The minimum Gasteiger partial charge on any atom is -0.496 e. The van der Waals surface area contributed by atoms with Crippen molar-refractivity contribution in [2.45, 2.75) is 31.8 Å². The first-order chi connectivity index (χ1) is 17.4. The predicted octanol–water partition coefficient (Wildman–Crippen LogP) is 4.63. The standard InChI is InChI=1S/C29H32ClN3O3/c1-20(34)31-18-29(35)33-15-14-27(26(19-33)22-6-4-3-5-7-22)32-17-24-16-23(10-13-28(24)36-2)21-8-11-25(30)12-9-21/h3-13,16,26-27,32H,14-15,17-19H2,1-2H3,(H,31,34)/t26-,27-/m0/s1. The summed E-state index contributed by atoms with van der Waals surface area (Å²) in [5, 5.41) is 7.08. The highest BCUT2D eigenvalue weighted by Crippen LogP contribution is 2.30. The van der Waals surface area contributed by atoms with Crippen molar-refractivity contribution in [2.75, 3.05) is 26.7 Å². The number of piperidine rings is 1. The number of benzene rings is 3. The largest absolute Gasteiger partial charge is 0.496 e. The van der Waals surface area contributed by atoms with Gasteiger partial charge in [0.25, 0.3) is 0 Å². The zero-order chi connectivity index (χ0) is 25.5. The molecule has 0 spiro atoms. The van der Waals surface area contributed by atoms with E-state index in [9.17, 15) is 9.59 Å². The van der Waals surface area contributed by atoms with Crippen LogP contribution in [0.3, 0.4) is 0 Å². The lowest BCUT2D eigenvalue weighted by molar-refractivity contribution is -0.133. The molecule has 0 saturated carbocycles. The SMILES string of the molecule is COc1ccc(-c2ccc(Cl)cc2)cc1CN[C@H]1CCN(C(=O)CNC(C)=O)C[C@H]1c1ccccc1.